The SMILES string of the molecule is CC(C)N.CCOCC=Nc1c(N)nc2cc(OCCCNSC)ccc2c1NC. The van der Waals surface area contributed by atoms with Crippen molar-refractivity contribution in [1.82, 2.24) is 9.71 Å². The molecule has 2 rings (SSSR count). The van der Waals surface area contributed by atoms with Gasteiger partial charge in [-0.15, -0.1) is 0 Å². The number of hydrogen-bond acceptors (Lipinski definition) is 9. The maximum atomic E-state index is 6.13. The molecular formula is C21H36N6O2S. The first-order valence-electron chi connectivity index (χ1n) is 10.1. The fraction of sp³-hybridized carbons (Fsp3) is 0.524. The second kappa shape index (κ2) is 14.8. The van der Waals surface area contributed by atoms with Crippen molar-refractivity contribution < 1.29 is 9.47 Å². The zero-order valence-electron chi connectivity index (χ0n) is 18.7. The second-order valence-corrected chi connectivity index (χ2v) is 7.36. The Labute approximate surface area is 184 Å². The maximum Gasteiger partial charge on any atom is 0.152 e. The van der Waals surface area contributed by atoms with Crippen molar-refractivity contribution in [3.05, 3.63) is 18.2 Å². The molecule has 168 valence electrons. The van der Waals surface area contributed by atoms with E-state index in [4.69, 9.17) is 20.9 Å². The molecular weight excluding hydrogens is 400 g/mol. The van der Waals surface area contributed by atoms with Gasteiger partial charge in [-0.05, 0) is 37.8 Å². The number of nitrogens with one attached hydrogen (secondary N) is 2. The molecule has 30 heavy (non-hydrogen) atoms. The summed E-state index contributed by atoms with van der Waals surface area (Å²) in [6.07, 6.45) is 4.64. The molecule has 0 atom stereocenters. The molecule has 0 aliphatic heterocycles. The zero-order chi connectivity index (χ0) is 22.4. The summed E-state index contributed by atoms with van der Waals surface area (Å²) >= 11 is 1.61. The Balaban J connectivity index is 0.00000103. The van der Waals surface area contributed by atoms with E-state index < -0.39 is 0 Å². The van der Waals surface area contributed by atoms with Gasteiger partial charge in [0.15, 0.2) is 5.82 Å². The first kappa shape index (κ1) is 26.0. The van der Waals surface area contributed by atoms with E-state index in [0.29, 0.717) is 37.4 Å². The van der Waals surface area contributed by atoms with Crippen LogP contribution in [-0.4, -0.2) is 56.9 Å². The third-order valence-electron chi connectivity index (χ3n) is 3.66. The van der Waals surface area contributed by atoms with Crippen LogP contribution in [0.5, 0.6) is 5.75 Å². The first-order chi connectivity index (χ1) is 14.4. The second-order valence-electron chi connectivity index (χ2n) is 6.67. The molecule has 1 aromatic carbocycles. The highest BCUT2D eigenvalue weighted by Gasteiger charge is 2.12. The quantitative estimate of drug-likeness (QED) is 0.240. The van der Waals surface area contributed by atoms with Gasteiger partial charge in [-0.2, -0.15) is 0 Å². The summed E-state index contributed by atoms with van der Waals surface area (Å²) in [7, 11) is 1.85. The Bertz CT molecular complexity index is 783. The van der Waals surface area contributed by atoms with Gasteiger partial charge in [-0.3, -0.25) is 9.71 Å². The van der Waals surface area contributed by atoms with E-state index in [1.165, 1.54) is 0 Å². The predicted molar refractivity (Wildman–Crippen MR) is 131 cm³/mol. The highest BCUT2D eigenvalue weighted by molar-refractivity contribution is 7.96. The van der Waals surface area contributed by atoms with Crippen molar-refractivity contribution in [3.63, 3.8) is 0 Å². The van der Waals surface area contributed by atoms with Gasteiger partial charge in [-0.1, -0.05) is 25.8 Å². The van der Waals surface area contributed by atoms with Crippen LogP contribution in [0.3, 0.4) is 0 Å². The van der Waals surface area contributed by atoms with Gasteiger partial charge in [0.2, 0.25) is 0 Å². The van der Waals surface area contributed by atoms with Crippen LogP contribution in [-0.2, 0) is 4.74 Å². The Hall–Kier alpha value is -2.07. The Morgan fingerprint density at radius 1 is 1.33 bits per heavy atom. The lowest BCUT2D eigenvalue weighted by molar-refractivity contribution is 0.190. The van der Waals surface area contributed by atoms with E-state index >= 15 is 0 Å². The largest absolute Gasteiger partial charge is 0.493 e. The third kappa shape index (κ3) is 9.17. The average Bonchev–Trinajstić information content (AvgIpc) is 2.70. The summed E-state index contributed by atoms with van der Waals surface area (Å²) in [5, 5.41) is 4.13. The van der Waals surface area contributed by atoms with E-state index in [1.807, 2.05) is 52.3 Å². The summed E-state index contributed by atoms with van der Waals surface area (Å²) in [4.78, 5) is 8.91. The minimum atomic E-state index is 0.333. The highest BCUT2D eigenvalue weighted by atomic mass is 32.2. The van der Waals surface area contributed by atoms with Crippen LogP contribution in [0.25, 0.3) is 10.9 Å². The third-order valence-corrected chi connectivity index (χ3v) is 4.15. The molecule has 9 heteroatoms. The van der Waals surface area contributed by atoms with Crippen LogP contribution in [0, 0.1) is 0 Å². The number of nitrogens with zero attached hydrogens (tertiary/aromatic N) is 2. The summed E-state index contributed by atoms with van der Waals surface area (Å²) in [5.41, 5.74) is 13.5. The number of nitrogen functional groups attached to an aromatic ring is 1. The number of benzene rings is 1. The van der Waals surface area contributed by atoms with Gasteiger partial charge in [0, 0.05) is 37.9 Å². The van der Waals surface area contributed by atoms with Gasteiger partial charge < -0.3 is 26.3 Å². The van der Waals surface area contributed by atoms with E-state index in [0.717, 1.165) is 35.3 Å². The van der Waals surface area contributed by atoms with Crippen molar-refractivity contribution in [3.8, 4) is 5.75 Å². The number of rotatable bonds is 11. The first-order valence-corrected chi connectivity index (χ1v) is 11.3. The highest BCUT2D eigenvalue weighted by Crippen LogP contribution is 2.37. The number of aromatic nitrogens is 1. The molecule has 0 radical (unpaired) electrons. The fourth-order valence-electron chi connectivity index (χ4n) is 2.46. The lowest BCUT2D eigenvalue weighted by Crippen LogP contribution is -2.09. The molecule has 0 unspecified atom stereocenters. The Morgan fingerprint density at radius 3 is 2.70 bits per heavy atom. The predicted octanol–water partition coefficient (Wildman–Crippen LogP) is 3.59. The molecule has 0 aliphatic rings. The van der Waals surface area contributed by atoms with Crippen molar-refractivity contribution >= 4 is 46.3 Å². The monoisotopic (exact) mass is 436 g/mol. The van der Waals surface area contributed by atoms with Crippen molar-refractivity contribution in [2.24, 2.45) is 10.7 Å². The number of ether oxygens (including phenoxy) is 2. The number of anilines is 2. The summed E-state index contributed by atoms with van der Waals surface area (Å²) < 4.78 is 14.3. The molecule has 1 aromatic heterocycles. The average molecular weight is 437 g/mol. The molecule has 0 saturated carbocycles. The van der Waals surface area contributed by atoms with Crippen molar-refractivity contribution in [2.45, 2.75) is 33.2 Å². The molecule has 6 N–H and O–H groups in total. The molecule has 1 heterocycles. The van der Waals surface area contributed by atoms with E-state index in [9.17, 15) is 0 Å². The van der Waals surface area contributed by atoms with E-state index in [-0.39, 0.29) is 0 Å². The molecule has 8 nitrogen and oxygen atoms in total. The van der Waals surface area contributed by atoms with E-state index in [1.54, 1.807) is 18.2 Å². The lowest BCUT2D eigenvalue weighted by atomic mass is 10.1. The number of pyridine rings is 1. The van der Waals surface area contributed by atoms with Gasteiger partial charge in [0.05, 0.1) is 24.4 Å². The Kier molecular flexibility index (Phi) is 12.8. The number of fused-ring (bicyclic) bond motifs is 1. The maximum absolute atomic E-state index is 6.13. The standard InChI is InChI=1S/C18H27N5O2S.C3H9N/c1-4-24-11-9-21-17-16(20-2)14-7-6-13(12-15(14)23-18(17)19)25-10-5-8-22-26-3;1-3(2)4/h6-7,9,12,22H,4-5,8,10-11H2,1-3H3,(H3,19,20,23);3H,4H2,1-2H3. The van der Waals surface area contributed by atoms with Crippen LogP contribution in [0.15, 0.2) is 23.2 Å². The molecule has 0 fully saturated rings. The normalized spacial score (nSPS) is 11.0. The Morgan fingerprint density at radius 2 is 2.07 bits per heavy atom. The fourth-order valence-corrected chi connectivity index (χ4v) is 2.81. The molecule has 0 amide bonds. The molecule has 2 aromatic rings. The summed E-state index contributed by atoms with van der Waals surface area (Å²) in [6.45, 7) is 8.47. The van der Waals surface area contributed by atoms with Gasteiger partial charge >= 0.3 is 0 Å². The van der Waals surface area contributed by atoms with Gasteiger partial charge in [0.25, 0.3) is 0 Å². The molecule has 0 spiro atoms. The van der Waals surface area contributed by atoms with Crippen molar-refractivity contribution in [2.75, 3.05) is 50.7 Å². The molecule has 0 aliphatic carbocycles. The minimum Gasteiger partial charge on any atom is -0.493 e. The van der Waals surface area contributed by atoms with Crippen LogP contribution in [0.1, 0.15) is 27.2 Å². The number of aliphatic imine (C=N–C) groups is 1. The van der Waals surface area contributed by atoms with Crippen LogP contribution in [0.2, 0.25) is 0 Å². The lowest BCUT2D eigenvalue weighted by Gasteiger charge is -2.13. The summed E-state index contributed by atoms with van der Waals surface area (Å²) in [5.74, 6) is 1.15. The van der Waals surface area contributed by atoms with E-state index in [2.05, 4.69) is 20.0 Å². The van der Waals surface area contributed by atoms with Crippen LogP contribution < -0.4 is 26.2 Å². The number of nitrogens with two attached hydrogens (primary N) is 2. The van der Waals surface area contributed by atoms with Crippen LogP contribution >= 0.6 is 11.9 Å². The number of hydrogen-bond donors (Lipinski definition) is 4. The minimum absolute atomic E-state index is 0.333. The molecule has 0 bridgehead atoms. The van der Waals surface area contributed by atoms with Crippen LogP contribution in [0.4, 0.5) is 17.2 Å². The smallest absolute Gasteiger partial charge is 0.152 e. The zero-order valence-corrected chi connectivity index (χ0v) is 19.5. The van der Waals surface area contributed by atoms with Gasteiger partial charge in [-0.25, -0.2) is 4.98 Å². The van der Waals surface area contributed by atoms with Crippen molar-refractivity contribution in [1.29, 1.82) is 0 Å². The van der Waals surface area contributed by atoms with Gasteiger partial charge in [0.1, 0.15) is 11.4 Å². The topological polar surface area (TPSA) is 120 Å². The molecule has 0 saturated heterocycles. The summed E-state index contributed by atoms with van der Waals surface area (Å²) in [6, 6.07) is 6.16.